The molecule has 1 heterocycles. The molecule has 0 saturated carbocycles. The minimum Gasteiger partial charge on any atom is -0.134 e. The van der Waals surface area contributed by atoms with Crippen molar-refractivity contribution in [1.29, 1.82) is 0 Å². The summed E-state index contributed by atoms with van der Waals surface area (Å²) in [5.74, 6) is 0. The Morgan fingerprint density at radius 3 is 2.43 bits per heavy atom. The molecule has 0 radical (unpaired) electrons. The molecule has 0 aliphatic rings. The van der Waals surface area contributed by atoms with Crippen LogP contribution < -0.4 is 0 Å². The summed E-state index contributed by atoms with van der Waals surface area (Å²) in [4.78, 5) is 0. The zero-order valence-electron chi connectivity index (χ0n) is 10.9. The zero-order valence-corrected chi connectivity index (χ0v) is 14.1. The normalized spacial score (nSPS) is 11.3. The largest absolute Gasteiger partial charge is 0.134 e. The SMILES string of the molecule is Clc1ccc(-c2ccc(Br)cc2)c2c1sc1ccccc12. The number of hydrogen-bond donors (Lipinski definition) is 0. The molecule has 0 aliphatic carbocycles. The van der Waals surface area contributed by atoms with E-state index < -0.39 is 0 Å². The van der Waals surface area contributed by atoms with Gasteiger partial charge in [0.2, 0.25) is 0 Å². The van der Waals surface area contributed by atoms with Gasteiger partial charge in [0.25, 0.3) is 0 Å². The van der Waals surface area contributed by atoms with Crippen LogP contribution in [0.1, 0.15) is 0 Å². The minimum atomic E-state index is 0.826. The second kappa shape index (κ2) is 5.13. The average molecular weight is 374 g/mol. The van der Waals surface area contributed by atoms with E-state index in [2.05, 4.69) is 70.5 Å². The molecule has 0 aliphatic heterocycles. The van der Waals surface area contributed by atoms with Crippen LogP contribution >= 0.6 is 38.9 Å². The van der Waals surface area contributed by atoms with Crippen LogP contribution in [0.4, 0.5) is 0 Å². The van der Waals surface area contributed by atoms with Gasteiger partial charge >= 0.3 is 0 Å². The van der Waals surface area contributed by atoms with Gasteiger partial charge in [-0.2, -0.15) is 0 Å². The van der Waals surface area contributed by atoms with Crippen molar-refractivity contribution >= 4 is 59.0 Å². The van der Waals surface area contributed by atoms with Crippen molar-refractivity contribution in [2.45, 2.75) is 0 Å². The Bertz CT molecular complexity index is 954. The van der Waals surface area contributed by atoms with Crippen LogP contribution in [0.2, 0.25) is 5.02 Å². The van der Waals surface area contributed by atoms with Gasteiger partial charge in [0.15, 0.2) is 0 Å². The van der Waals surface area contributed by atoms with Crippen LogP contribution in [0.25, 0.3) is 31.3 Å². The lowest BCUT2D eigenvalue weighted by atomic mass is 10.00. The van der Waals surface area contributed by atoms with Gasteiger partial charge in [-0.3, -0.25) is 0 Å². The molecule has 0 fully saturated rings. The molecule has 0 nitrogen and oxygen atoms in total. The van der Waals surface area contributed by atoms with Crippen molar-refractivity contribution in [3.8, 4) is 11.1 Å². The summed E-state index contributed by atoms with van der Waals surface area (Å²) in [7, 11) is 0. The van der Waals surface area contributed by atoms with Gasteiger partial charge in [-0.25, -0.2) is 0 Å². The number of benzene rings is 3. The van der Waals surface area contributed by atoms with Crippen molar-refractivity contribution in [2.75, 3.05) is 0 Å². The summed E-state index contributed by atoms with van der Waals surface area (Å²) >= 11 is 11.7. The monoisotopic (exact) mass is 372 g/mol. The van der Waals surface area contributed by atoms with Crippen molar-refractivity contribution in [2.24, 2.45) is 0 Å². The van der Waals surface area contributed by atoms with Crippen LogP contribution in [-0.2, 0) is 0 Å². The average Bonchev–Trinajstić information content (AvgIpc) is 2.90. The first kappa shape index (κ1) is 13.3. The van der Waals surface area contributed by atoms with Crippen molar-refractivity contribution in [3.05, 3.63) is 70.2 Å². The summed E-state index contributed by atoms with van der Waals surface area (Å²) < 4.78 is 3.53. The number of rotatable bonds is 1. The lowest BCUT2D eigenvalue weighted by Gasteiger charge is -2.06. The maximum Gasteiger partial charge on any atom is 0.0585 e. The van der Waals surface area contributed by atoms with E-state index in [-0.39, 0.29) is 0 Å². The van der Waals surface area contributed by atoms with Crippen LogP contribution in [0, 0.1) is 0 Å². The first-order valence-corrected chi connectivity index (χ1v) is 8.58. The second-order valence-electron chi connectivity index (χ2n) is 4.90. The Kier molecular flexibility index (Phi) is 3.26. The standard InChI is InChI=1S/C18H10BrClS/c19-12-7-5-11(6-8-12)13-9-10-15(20)18-17(13)14-3-1-2-4-16(14)21-18/h1-10H. The zero-order chi connectivity index (χ0) is 14.4. The minimum absolute atomic E-state index is 0.826. The summed E-state index contributed by atoms with van der Waals surface area (Å²) in [6.45, 7) is 0. The molecule has 0 amide bonds. The molecule has 3 heteroatoms. The fourth-order valence-electron chi connectivity index (χ4n) is 2.67. The van der Waals surface area contributed by atoms with E-state index in [0.29, 0.717) is 0 Å². The van der Waals surface area contributed by atoms with Gasteiger partial charge < -0.3 is 0 Å². The predicted molar refractivity (Wildman–Crippen MR) is 97.5 cm³/mol. The molecular formula is C18H10BrClS. The Balaban J connectivity index is 2.14. The molecule has 4 rings (SSSR count). The van der Waals surface area contributed by atoms with E-state index in [0.717, 1.165) is 9.50 Å². The third-order valence-electron chi connectivity index (χ3n) is 3.63. The second-order valence-corrected chi connectivity index (χ2v) is 7.28. The first-order valence-electron chi connectivity index (χ1n) is 6.60. The van der Waals surface area contributed by atoms with Crippen LogP contribution in [0.3, 0.4) is 0 Å². The van der Waals surface area contributed by atoms with Gasteiger partial charge in [-0.15, -0.1) is 11.3 Å². The number of fused-ring (bicyclic) bond motifs is 3. The molecule has 0 atom stereocenters. The van der Waals surface area contributed by atoms with Gasteiger partial charge in [-0.05, 0) is 35.4 Å². The quantitative estimate of drug-likeness (QED) is 0.332. The molecule has 21 heavy (non-hydrogen) atoms. The van der Waals surface area contributed by atoms with E-state index in [1.165, 1.54) is 31.3 Å². The maximum absolute atomic E-state index is 6.42. The van der Waals surface area contributed by atoms with E-state index in [9.17, 15) is 0 Å². The Morgan fingerprint density at radius 2 is 1.62 bits per heavy atom. The Morgan fingerprint density at radius 1 is 0.857 bits per heavy atom. The van der Waals surface area contributed by atoms with Gasteiger partial charge in [0, 0.05) is 19.9 Å². The smallest absolute Gasteiger partial charge is 0.0585 e. The number of halogens is 2. The summed E-state index contributed by atoms with van der Waals surface area (Å²) in [5.41, 5.74) is 2.45. The highest BCUT2D eigenvalue weighted by molar-refractivity contribution is 9.10. The highest BCUT2D eigenvalue weighted by Crippen LogP contribution is 2.43. The molecule has 102 valence electrons. The molecule has 3 aromatic carbocycles. The highest BCUT2D eigenvalue weighted by atomic mass is 79.9. The van der Waals surface area contributed by atoms with E-state index in [1.807, 2.05) is 6.07 Å². The number of hydrogen-bond acceptors (Lipinski definition) is 1. The number of thiophene rings is 1. The van der Waals surface area contributed by atoms with Gasteiger partial charge in [-0.1, -0.05) is 63.9 Å². The summed E-state index contributed by atoms with van der Waals surface area (Å²) in [6.07, 6.45) is 0. The van der Waals surface area contributed by atoms with Crippen molar-refractivity contribution < 1.29 is 0 Å². The Labute approximate surface area is 140 Å². The van der Waals surface area contributed by atoms with Crippen LogP contribution in [0.15, 0.2) is 65.1 Å². The van der Waals surface area contributed by atoms with E-state index >= 15 is 0 Å². The van der Waals surface area contributed by atoms with Crippen molar-refractivity contribution in [1.82, 2.24) is 0 Å². The summed E-state index contributed by atoms with van der Waals surface area (Å²) in [6, 6.07) is 21.0. The third kappa shape index (κ3) is 2.18. The van der Waals surface area contributed by atoms with Gasteiger partial charge in [0.05, 0.1) is 9.72 Å². The molecule has 0 unspecified atom stereocenters. The topological polar surface area (TPSA) is 0 Å². The van der Waals surface area contributed by atoms with E-state index in [1.54, 1.807) is 11.3 Å². The summed E-state index contributed by atoms with van der Waals surface area (Å²) in [5, 5.41) is 3.36. The van der Waals surface area contributed by atoms with Crippen molar-refractivity contribution in [3.63, 3.8) is 0 Å². The molecule has 0 spiro atoms. The van der Waals surface area contributed by atoms with E-state index in [4.69, 9.17) is 11.6 Å². The van der Waals surface area contributed by atoms with Crippen LogP contribution in [-0.4, -0.2) is 0 Å². The molecule has 0 N–H and O–H groups in total. The maximum atomic E-state index is 6.42. The first-order chi connectivity index (χ1) is 10.2. The molecule has 0 saturated heterocycles. The third-order valence-corrected chi connectivity index (χ3v) is 5.79. The highest BCUT2D eigenvalue weighted by Gasteiger charge is 2.13. The lowest BCUT2D eigenvalue weighted by Crippen LogP contribution is -1.80. The molecule has 4 aromatic rings. The Hall–Kier alpha value is -1.35. The molecular weight excluding hydrogens is 364 g/mol. The van der Waals surface area contributed by atoms with Gasteiger partial charge in [0.1, 0.15) is 0 Å². The van der Waals surface area contributed by atoms with Crippen LogP contribution in [0.5, 0.6) is 0 Å². The predicted octanol–water partition coefficient (Wildman–Crippen LogP) is 7.14. The molecule has 1 aromatic heterocycles. The fraction of sp³-hybridized carbons (Fsp3) is 0. The lowest BCUT2D eigenvalue weighted by molar-refractivity contribution is 1.63. The fourth-order valence-corrected chi connectivity index (χ4v) is 4.34. The molecule has 0 bridgehead atoms.